The van der Waals surface area contributed by atoms with Crippen LogP contribution in [-0.2, 0) is 16.1 Å². The van der Waals surface area contributed by atoms with Crippen molar-refractivity contribution in [1.82, 2.24) is 14.9 Å². The molecule has 0 radical (unpaired) electrons. The van der Waals surface area contributed by atoms with Crippen molar-refractivity contribution < 1.29 is 19.4 Å². The molecule has 7 heteroatoms. The van der Waals surface area contributed by atoms with E-state index >= 15 is 0 Å². The van der Waals surface area contributed by atoms with Crippen LogP contribution in [0.25, 0.3) is 5.76 Å². The Morgan fingerprint density at radius 3 is 2.44 bits per heavy atom. The molecule has 0 aliphatic carbocycles. The molecule has 1 aliphatic rings. The fraction of sp³-hybridized carbons (Fsp3) is 0.259. The maximum atomic E-state index is 13.2. The van der Waals surface area contributed by atoms with Crippen LogP contribution in [0.3, 0.4) is 0 Å². The highest BCUT2D eigenvalue weighted by Crippen LogP contribution is 2.40. The van der Waals surface area contributed by atoms with Crippen LogP contribution in [-0.4, -0.2) is 38.3 Å². The van der Waals surface area contributed by atoms with E-state index in [4.69, 9.17) is 4.74 Å². The maximum absolute atomic E-state index is 13.2. The highest BCUT2D eigenvalue weighted by molar-refractivity contribution is 6.46. The number of ether oxygens (including phenoxy) is 1. The topological polar surface area (TPSA) is 92.6 Å². The first-order chi connectivity index (χ1) is 16.4. The molecule has 2 aromatic heterocycles. The number of aromatic nitrogens is 2. The van der Waals surface area contributed by atoms with Gasteiger partial charge in [0.25, 0.3) is 11.7 Å². The van der Waals surface area contributed by atoms with Crippen LogP contribution >= 0.6 is 0 Å². The van der Waals surface area contributed by atoms with Crippen LogP contribution in [0.5, 0.6) is 5.75 Å². The lowest BCUT2D eigenvalue weighted by atomic mass is 9.95. The van der Waals surface area contributed by atoms with E-state index in [9.17, 15) is 14.7 Å². The fourth-order valence-corrected chi connectivity index (χ4v) is 3.99. The summed E-state index contributed by atoms with van der Waals surface area (Å²) in [5.41, 5.74) is 2.73. The lowest BCUT2D eigenvalue weighted by molar-refractivity contribution is -0.140. The number of pyridine rings is 2. The summed E-state index contributed by atoms with van der Waals surface area (Å²) in [6, 6.07) is 11.6. The number of nitrogens with zero attached hydrogens (tertiary/aromatic N) is 3. The molecule has 3 heterocycles. The van der Waals surface area contributed by atoms with E-state index in [2.05, 4.69) is 23.8 Å². The summed E-state index contributed by atoms with van der Waals surface area (Å²) in [5.74, 6) is -0.533. The molecule has 1 aromatic carbocycles. The van der Waals surface area contributed by atoms with Gasteiger partial charge >= 0.3 is 0 Å². The molecule has 1 saturated heterocycles. The molecule has 0 bridgehead atoms. The monoisotopic (exact) mass is 457 g/mol. The predicted octanol–water partition coefficient (Wildman–Crippen LogP) is 4.44. The SMILES string of the molecule is Cc1cc(C(O)=C2C(=O)C(=O)N(Cc3cccnc3)[C@H]2c2cccnc2)ccc1OCC(C)C. The smallest absolute Gasteiger partial charge is 0.295 e. The predicted molar refractivity (Wildman–Crippen MR) is 128 cm³/mol. The first-order valence-electron chi connectivity index (χ1n) is 11.2. The van der Waals surface area contributed by atoms with Gasteiger partial charge in [0.15, 0.2) is 0 Å². The lowest BCUT2D eigenvalue weighted by Gasteiger charge is -2.25. The average Bonchev–Trinajstić information content (AvgIpc) is 3.09. The number of carbonyl (C=O) groups is 2. The van der Waals surface area contributed by atoms with Gasteiger partial charge in [0.05, 0.1) is 18.2 Å². The number of hydrogen-bond acceptors (Lipinski definition) is 6. The molecule has 1 atom stereocenters. The summed E-state index contributed by atoms with van der Waals surface area (Å²) in [7, 11) is 0. The molecule has 3 aromatic rings. The van der Waals surface area contributed by atoms with Crippen LogP contribution in [0.2, 0.25) is 0 Å². The molecule has 0 saturated carbocycles. The Morgan fingerprint density at radius 1 is 1.09 bits per heavy atom. The third-order valence-electron chi connectivity index (χ3n) is 5.64. The Kier molecular flexibility index (Phi) is 6.72. The van der Waals surface area contributed by atoms with Gasteiger partial charge in [0.2, 0.25) is 0 Å². The fourth-order valence-electron chi connectivity index (χ4n) is 3.99. The third-order valence-corrected chi connectivity index (χ3v) is 5.64. The zero-order chi connectivity index (χ0) is 24.2. The number of likely N-dealkylation sites (tertiary alicyclic amines) is 1. The van der Waals surface area contributed by atoms with E-state index in [1.54, 1.807) is 61.2 Å². The minimum Gasteiger partial charge on any atom is -0.507 e. The number of aliphatic hydroxyl groups excluding tert-OH is 1. The van der Waals surface area contributed by atoms with Gasteiger partial charge in [-0.1, -0.05) is 26.0 Å². The zero-order valence-corrected chi connectivity index (χ0v) is 19.4. The molecular weight excluding hydrogens is 430 g/mol. The number of amides is 1. The number of rotatable bonds is 7. The van der Waals surface area contributed by atoms with Gasteiger partial charge in [-0.15, -0.1) is 0 Å². The summed E-state index contributed by atoms with van der Waals surface area (Å²) in [6.45, 7) is 6.77. The minimum atomic E-state index is -0.772. The van der Waals surface area contributed by atoms with E-state index in [0.717, 1.165) is 11.1 Å². The van der Waals surface area contributed by atoms with Crippen molar-refractivity contribution in [3.8, 4) is 5.75 Å². The average molecular weight is 458 g/mol. The molecule has 1 aliphatic heterocycles. The van der Waals surface area contributed by atoms with Crippen LogP contribution in [0.15, 0.2) is 72.8 Å². The van der Waals surface area contributed by atoms with Crippen molar-refractivity contribution in [2.75, 3.05) is 6.61 Å². The quantitative estimate of drug-likeness (QED) is 0.320. The van der Waals surface area contributed by atoms with Crippen LogP contribution < -0.4 is 4.74 Å². The van der Waals surface area contributed by atoms with Gasteiger partial charge in [-0.3, -0.25) is 19.6 Å². The second-order valence-corrected chi connectivity index (χ2v) is 8.76. The summed E-state index contributed by atoms with van der Waals surface area (Å²) in [6.07, 6.45) is 6.52. The van der Waals surface area contributed by atoms with E-state index in [1.165, 1.54) is 4.90 Å². The van der Waals surface area contributed by atoms with Gasteiger partial charge in [-0.2, -0.15) is 0 Å². The Morgan fingerprint density at radius 2 is 1.82 bits per heavy atom. The minimum absolute atomic E-state index is 0.0390. The van der Waals surface area contributed by atoms with Crippen molar-refractivity contribution >= 4 is 17.4 Å². The molecule has 0 unspecified atom stereocenters. The van der Waals surface area contributed by atoms with Crippen LogP contribution in [0, 0.1) is 12.8 Å². The molecule has 1 N–H and O–H groups in total. The van der Waals surface area contributed by atoms with Crippen molar-refractivity contribution in [2.24, 2.45) is 5.92 Å². The molecule has 7 nitrogen and oxygen atoms in total. The first-order valence-corrected chi connectivity index (χ1v) is 11.2. The summed E-state index contributed by atoms with van der Waals surface area (Å²) < 4.78 is 5.83. The summed E-state index contributed by atoms with van der Waals surface area (Å²) in [4.78, 5) is 36.0. The van der Waals surface area contributed by atoms with Crippen molar-refractivity contribution in [1.29, 1.82) is 0 Å². The van der Waals surface area contributed by atoms with Crippen molar-refractivity contribution in [3.05, 3.63) is 95.1 Å². The largest absolute Gasteiger partial charge is 0.507 e. The Balaban J connectivity index is 1.77. The Hall–Kier alpha value is -4.00. The maximum Gasteiger partial charge on any atom is 0.295 e. The van der Waals surface area contributed by atoms with E-state index in [0.29, 0.717) is 29.4 Å². The van der Waals surface area contributed by atoms with Crippen LogP contribution in [0.1, 0.15) is 42.1 Å². The van der Waals surface area contributed by atoms with Gasteiger partial charge < -0.3 is 14.7 Å². The van der Waals surface area contributed by atoms with E-state index in [-0.39, 0.29) is 17.9 Å². The summed E-state index contributed by atoms with van der Waals surface area (Å²) >= 11 is 0. The highest BCUT2D eigenvalue weighted by atomic mass is 16.5. The number of hydrogen-bond donors (Lipinski definition) is 1. The zero-order valence-electron chi connectivity index (χ0n) is 19.4. The van der Waals surface area contributed by atoms with E-state index in [1.807, 2.05) is 13.0 Å². The number of ketones is 1. The molecule has 174 valence electrons. The van der Waals surface area contributed by atoms with Crippen LogP contribution in [0.4, 0.5) is 0 Å². The van der Waals surface area contributed by atoms with Crippen molar-refractivity contribution in [3.63, 3.8) is 0 Å². The molecular formula is C27H27N3O4. The molecule has 1 amide bonds. The number of benzene rings is 1. The lowest BCUT2D eigenvalue weighted by Crippen LogP contribution is -2.29. The molecule has 4 rings (SSSR count). The van der Waals surface area contributed by atoms with Gasteiger partial charge in [-0.05, 0) is 59.9 Å². The normalized spacial score (nSPS) is 17.4. The number of aryl methyl sites for hydroxylation is 1. The molecule has 34 heavy (non-hydrogen) atoms. The Bertz CT molecular complexity index is 1220. The highest BCUT2D eigenvalue weighted by Gasteiger charge is 2.46. The number of aliphatic hydroxyl groups is 1. The molecule has 1 fully saturated rings. The summed E-state index contributed by atoms with van der Waals surface area (Å²) in [5, 5.41) is 11.3. The number of Topliss-reactive ketones (excluding diaryl/α,β-unsaturated/α-hetero) is 1. The van der Waals surface area contributed by atoms with E-state index < -0.39 is 17.7 Å². The first kappa shape index (κ1) is 23.2. The number of carbonyl (C=O) groups excluding carboxylic acids is 2. The Labute approximate surface area is 198 Å². The second-order valence-electron chi connectivity index (χ2n) is 8.76. The van der Waals surface area contributed by atoms with Gasteiger partial charge in [-0.25, -0.2) is 0 Å². The standard InChI is InChI=1S/C27H27N3O4/c1-17(2)16-34-22-9-8-20(12-18(22)3)25(31)23-24(21-7-5-11-29-14-21)30(27(33)26(23)32)15-19-6-4-10-28-13-19/h4-14,17,24,31H,15-16H2,1-3H3/t24-/m0/s1. The van der Waals surface area contributed by atoms with Crippen molar-refractivity contribution in [2.45, 2.75) is 33.4 Å². The van der Waals surface area contributed by atoms with Gasteiger partial charge in [0.1, 0.15) is 11.5 Å². The molecule has 0 spiro atoms. The third kappa shape index (κ3) is 4.69. The van der Waals surface area contributed by atoms with Gasteiger partial charge in [0, 0.05) is 36.9 Å². The second kappa shape index (κ2) is 9.87.